The average molecular weight is 330 g/mol. The van der Waals surface area contributed by atoms with Gasteiger partial charge in [0, 0.05) is 6.54 Å². The van der Waals surface area contributed by atoms with Crippen LogP contribution in [0, 0.1) is 5.92 Å². The van der Waals surface area contributed by atoms with Gasteiger partial charge in [-0.3, -0.25) is 9.69 Å². The van der Waals surface area contributed by atoms with E-state index in [1.165, 1.54) is 0 Å². The second kappa shape index (κ2) is 7.68. The van der Waals surface area contributed by atoms with Crippen molar-refractivity contribution in [3.05, 3.63) is 29.8 Å². The van der Waals surface area contributed by atoms with E-state index in [-0.39, 0.29) is 25.3 Å². The van der Waals surface area contributed by atoms with Crippen molar-refractivity contribution in [1.82, 2.24) is 10.2 Å². The molecule has 1 aliphatic heterocycles. The molecule has 1 N–H and O–H groups in total. The molecule has 1 aliphatic rings. The summed E-state index contributed by atoms with van der Waals surface area (Å²) in [5, 5.41) is 2.78. The van der Waals surface area contributed by atoms with Crippen LogP contribution in [0.5, 0.6) is 5.75 Å². The number of carbonyl (C=O) groups excluding carboxylic acids is 1. The smallest absolute Gasteiger partial charge is 0.391 e. The molecule has 23 heavy (non-hydrogen) atoms. The van der Waals surface area contributed by atoms with E-state index in [0.717, 1.165) is 5.56 Å². The lowest BCUT2D eigenvalue weighted by molar-refractivity contribution is -0.185. The Morgan fingerprint density at radius 3 is 2.65 bits per heavy atom. The van der Waals surface area contributed by atoms with Gasteiger partial charge in [-0.05, 0) is 43.6 Å². The summed E-state index contributed by atoms with van der Waals surface area (Å²) in [7, 11) is 1.57. The number of nitrogens with zero attached hydrogens (tertiary/aromatic N) is 1. The number of alkyl halides is 3. The number of piperidine rings is 1. The molecule has 0 saturated carbocycles. The van der Waals surface area contributed by atoms with Crippen LogP contribution in [0.25, 0.3) is 0 Å². The monoisotopic (exact) mass is 330 g/mol. The highest BCUT2D eigenvalue weighted by Crippen LogP contribution is 2.33. The Morgan fingerprint density at radius 2 is 2.04 bits per heavy atom. The van der Waals surface area contributed by atoms with Gasteiger partial charge in [-0.1, -0.05) is 12.1 Å². The minimum absolute atomic E-state index is 0.0622. The Kier molecular flexibility index (Phi) is 5.87. The van der Waals surface area contributed by atoms with Gasteiger partial charge >= 0.3 is 6.18 Å². The van der Waals surface area contributed by atoms with E-state index in [1.54, 1.807) is 12.0 Å². The van der Waals surface area contributed by atoms with Crippen molar-refractivity contribution in [2.75, 3.05) is 26.7 Å². The molecule has 1 amide bonds. The van der Waals surface area contributed by atoms with Gasteiger partial charge in [-0.15, -0.1) is 0 Å². The zero-order chi connectivity index (χ0) is 16.9. The maximum atomic E-state index is 12.6. The van der Waals surface area contributed by atoms with Gasteiger partial charge in [0.25, 0.3) is 0 Å². The molecule has 4 nitrogen and oxygen atoms in total. The fourth-order valence-corrected chi connectivity index (χ4v) is 2.66. The summed E-state index contributed by atoms with van der Waals surface area (Å²) < 4.78 is 42.9. The second-order valence-electron chi connectivity index (χ2n) is 5.72. The number of methoxy groups -OCH3 is 1. The molecule has 1 saturated heterocycles. The highest BCUT2D eigenvalue weighted by molar-refractivity contribution is 5.78. The normalized spacial score (nSPS) is 17.0. The summed E-state index contributed by atoms with van der Waals surface area (Å²) in [4.78, 5) is 13.7. The summed E-state index contributed by atoms with van der Waals surface area (Å²) in [6.45, 7) is 1.11. The Bertz CT molecular complexity index is 526. The van der Waals surface area contributed by atoms with E-state index in [9.17, 15) is 18.0 Å². The predicted octanol–water partition coefficient (Wildman–Crippen LogP) is 2.59. The summed E-state index contributed by atoms with van der Waals surface area (Å²) in [6, 6.07) is 7.35. The SMILES string of the molecule is COc1cccc(CNC(=O)CN2CCC(C(F)(F)F)CC2)c1. The van der Waals surface area contributed by atoms with Gasteiger partial charge in [0.05, 0.1) is 19.6 Å². The molecule has 0 spiro atoms. The van der Waals surface area contributed by atoms with E-state index in [4.69, 9.17) is 4.74 Å². The standard InChI is InChI=1S/C16H21F3N2O2/c1-23-14-4-2-3-12(9-14)10-20-15(22)11-21-7-5-13(6-8-21)16(17,18)19/h2-4,9,13H,5-8,10-11H2,1H3,(H,20,22). The van der Waals surface area contributed by atoms with Crippen molar-refractivity contribution in [2.24, 2.45) is 5.92 Å². The number of nitrogens with one attached hydrogen (secondary N) is 1. The lowest BCUT2D eigenvalue weighted by Gasteiger charge is -2.32. The van der Waals surface area contributed by atoms with Gasteiger partial charge in [-0.2, -0.15) is 13.2 Å². The zero-order valence-corrected chi connectivity index (χ0v) is 13.0. The van der Waals surface area contributed by atoms with E-state index in [1.807, 2.05) is 24.3 Å². The van der Waals surface area contributed by atoms with Gasteiger partial charge in [0.15, 0.2) is 0 Å². The highest BCUT2D eigenvalue weighted by Gasteiger charge is 2.41. The molecule has 2 rings (SSSR count). The van der Waals surface area contributed by atoms with Crippen LogP contribution in [0.15, 0.2) is 24.3 Å². The second-order valence-corrected chi connectivity index (χ2v) is 5.72. The minimum Gasteiger partial charge on any atom is -0.497 e. The number of carbonyl (C=O) groups is 1. The van der Waals surface area contributed by atoms with Crippen molar-refractivity contribution in [3.63, 3.8) is 0 Å². The molecule has 0 aliphatic carbocycles. The first-order chi connectivity index (χ1) is 10.9. The van der Waals surface area contributed by atoms with Crippen molar-refractivity contribution >= 4 is 5.91 Å². The summed E-state index contributed by atoms with van der Waals surface area (Å²) in [5.41, 5.74) is 0.911. The summed E-state index contributed by atoms with van der Waals surface area (Å²) in [6.07, 6.45) is -4.00. The molecule has 1 heterocycles. The Morgan fingerprint density at radius 1 is 1.35 bits per heavy atom. The minimum atomic E-state index is -4.12. The van der Waals surface area contributed by atoms with Crippen molar-refractivity contribution in [2.45, 2.75) is 25.6 Å². The third-order valence-electron chi connectivity index (χ3n) is 4.04. The van der Waals surface area contributed by atoms with E-state index in [0.29, 0.717) is 25.4 Å². The maximum Gasteiger partial charge on any atom is 0.391 e. The third-order valence-corrected chi connectivity index (χ3v) is 4.04. The van der Waals surface area contributed by atoms with Crippen LogP contribution in [-0.2, 0) is 11.3 Å². The lowest BCUT2D eigenvalue weighted by Crippen LogP contribution is -2.43. The van der Waals surface area contributed by atoms with E-state index >= 15 is 0 Å². The first-order valence-electron chi connectivity index (χ1n) is 7.57. The van der Waals surface area contributed by atoms with Crippen molar-refractivity contribution in [3.8, 4) is 5.75 Å². The molecule has 7 heteroatoms. The van der Waals surface area contributed by atoms with Gasteiger partial charge in [-0.25, -0.2) is 0 Å². The van der Waals surface area contributed by atoms with Crippen LogP contribution in [0.2, 0.25) is 0 Å². The molecule has 0 aromatic heterocycles. The molecule has 0 atom stereocenters. The van der Waals surface area contributed by atoms with E-state index < -0.39 is 12.1 Å². The fraction of sp³-hybridized carbons (Fsp3) is 0.562. The fourth-order valence-electron chi connectivity index (χ4n) is 2.66. The number of rotatable bonds is 5. The quantitative estimate of drug-likeness (QED) is 0.902. The predicted molar refractivity (Wildman–Crippen MR) is 80.1 cm³/mol. The van der Waals surface area contributed by atoms with Gasteiger partial charge < -0.3 is 10.1 Å². The number of amides is 1. The average Bonchev–Trinajstić information content (AvgIpc) is 2.53. The Hall–Kier alpha value is -1.76. The number of ether oxygens (including phenoxy) is 1. The summed E-state index contributed by atoms with van der Waals surface area (Å²) in [5.74, 6) is -0.706. The topological polar surface area (TPSA) is 41.6 Å². The van der Waals surface area contributed by atoms with Crippen LogP contribution < -0.4 is 10.1 Å². The lowest BCUT2D eigenvalue weighted by atomic mass is 9.96. The van der Waals surface area contributed by atoms with Crippen LogP contribution >= 0.6 is 0 Å². The first kappa shape index (κ1) is 17.6. The molecule has 0 radical (unpaired) electrons. The number of likely N-dealkylation sites (tertiary alicyclic amines) is 1. The molecular weight excluding hydrogens is 309 g/mol. The third kappa shape index (κ3) is 5.42. The van der Waals surface area contributed by atoms with Gasteiger partial charge in [0.1, 0.15) is 5.75 Å². The Balaban J connectivity index is 1.73. The number of benzene rings is 1. The number of halogens is 3. The van der Waals surface area contributed by atoms with Crippen LogP contribution in [0.4, 0.5) is 13.2 Å². The van der Waals surface area contributed by atoms with E-state index in [2.05, 4.69) is 5.32 Å². The number of hydrogen-bond acceptors (Lipinski definition) is 3. The zero-order valence-electron chi connectivity index (χ0n) is 13.0. The van der Waals surface area contributed by atoms with Crippen molar-refractivity contribution in [1.29, 1.82) is 0 Å². The molecular formula is C16H21F3N2O2. The van der Waals surface area contributed by atoms with Crippen molar-refractivity contribution < 1.29 is 22.7 Å². The van der Waals surface area contributed by atoms with Crippen LogP contribution in [0.1, 0.15) is 18.4 Å². The van der Waals surface area contributed by atoms with Gasteiger partial charge in [0.2, 0.25) is 5.91 Å². The maximum absolute atomic E-state index is 12.6. The largest absolute Gasteiger partial charge is 0.497 e. The molecule has 1 aromatic rings. The number of hydrogen-bond donors (Lipinski definition) is 1. The Labute approximate surface area is 133 Å². The molecule has 128 valence electrons. The molecule has 0 unspecified atom stereocenters. The first-order valence-corrected chi connectivity index (χ1v) is 7.57. The molecule has 1 aromatic carbocycles. The van der Waals surface area contributed by atoms with Crippen LogP contribution in [-0.4, -0.2) is 43.7 Å². The highest BCUT2D eigenvalue weighted by atomic mass is 19.4. The molecule has 1 fully saturated rings. The molecule has 0 bridgehead atoms. The summed E-state index contributed by atoms with van der Waals surface area (Å²) >= 11 is 0. The van der Waals surface area contributed by atoms with Crippen LogP contribution in [0.3, 0.4) is 0 Å².